The summed E-state index contributed by atoms with van der Waals surface area (Å²) in [7, 11) is 0. The first-order valence-electron chi connectivity index (χ1n) is 3.33. The lowest BCUT2D eigenvalue weighted by molar-refractivity contribution is 0.0961. The van der Waals surface area contributed by atoms with Gasteiger partial charge in [0.05, 0.1) is 5.56 Å². The second-order valence-electron chi connectivity index (χ2n) is 2.47. The fourth-order valence-electron chi connectivity index (χ4n) is 1.11. The molecule has 1 heterocycles. The molecule has 1 aliphatic rings. The number of nitrogen functional groups attached to an aromatic ring is 1. The fourth-order valence-corrected chi connectivity index (χ4v) is 1.11. The number of halogens is 1. The summed E-state index contributed by atoms with van der Waals surface area (Å²) < 4.78 is 5.06. The zero-order valence-corrected chi connectivity index (χ0v) is 7.06. The number of hydrogen-bond donors (Lipinski definition) is 1. The maximum absolute atomic E-state index is 11.0. The van der Waals surface area contributed by atoms with Gasteiger partial charge in [-0.15, -0.1) is 12.4 Å². The lowest BCUT2D eigenvalue weighted by Gasteiger charge is -1.96. The first-order valence-corrected chi connectivity index (χ1v) is 3.33. The topological polar surface area (TPSA) is 52.3 Å². The van der Waals surface area contributed by atoms with E-state index in [0.717, 1.165) is 0 Å². The van der Waals surface area contributed by atoms with Crippen molar-refractivity contribution in [3.63, 3.8) is 0 Å². The highest BCUT2D eigenvalue weighted by Crippen LogP contribution is 2.26. The van der Waals surface area contributed by atoms with E-state index in [1.165, 1.54) is 0 Å². The van der Waals surface area contributed by atoms with Crippen LogP contribution in [0.2, 0.25) is 0 Å². The monoisotopic (exact) mass is 185 g/mol. The molecule has 0 fully saturated rings. The molecule has 0 atom stereocenters. The van der Waals surface area contributed by atoms with Crippen LogP contribution in [-0.2, 0) is 0 Å². The van der Waals surface area contributed by atoms with Crippen LogP contribution in [0, 0.1) is 0 Å². The zero-order chi connectivity index (χ0) is 7.84. The van der Waals surface area contributed by atoms with Gasteiger partial charge in [-0.05, 0) is 18.2 Å². The largest absolute Gasteiger partial charge is 0.485 e. The lowest BCUT2D eigenvalue weighted by atomic mass is 10.1. The van der Waals surface area contributed by atoms with Crippen molar-refractivity contribution in [2.24, 2.45) is 0 Å². The van der Waals surface area contributed by atoms with E-state index >= 15 is 0 Å². The zero-order valence-electron chi connectivity index (χ0n) is 6.24. The quantitative estimate of drug-likeness (QED) is 0.620. The molecule has 3 nitrogen and oxygen atoms in total. The number of fused-ring (bicyclic) bond motifs is 1. The number of carbonyl (C=O) groups excluding carboxylic acids is 1. The Hall–Kier alpha value is -1.22. The number of benzene rings is 1. The summed E-state index contributed by atoms with van der Waals surface area (Å²) >= 11 is 0. The molecule has 2 rings (SSSR count). The molecule has 1 aromatic rings. The molecule has 0 bridgehead atoms. The van der Waals surface area contributed by atoms with E-state index in [0.29, 0.717) is 17.0 Å². The number of nitrogens with two attached hydrogens (primary N) is 1. The molecule has 0 saturated heterocycles. The molecule has 1 aromatic carbocycles. The van der Waals surface area contributed by atoms with E-state index < -0.39 is 0 Å². The van der Waals surface area contributed by atoms with Crippen LogP contribution in [0.4, 0.5) is 5.69 Å². The highest BCUT2D eigenvalue weighted by molar-refractivity contribution is 6.02. The second kappa shape index (κ2) is 3.03. The van der Waals surface area contributed by atoms with Crippen LogP contribution in [0.15, 0.2) is 18.2 Å². The summed E-state index contributed by atoms with van der Waals surface area (Å²) in [5.41, 5.74) is 6.69. The number of Topliss-reactive ketones (excluding diaryl/α,β-unsaturated/α-hetero) is 1. The van der Waals surface area contributed by atoms with Gasteiger partial charge in [0.15, 0.2) is 6.61 Å². The van der Waals surface area contributed by atoms with Gasteiger partial charge in [-0.25, -0.2) is 0 Å². The molecule has 64 valence electrons. The molecule has 0 aliphatic carbocycles. The van der Waals surface area contributed by atoms with Gasteiger partial charge in [0.25, 0.3) is 0 Å². The van der Waals surface area contributed by atoms with Crippen LogP contribution in [0.3, 0.4) is 0 Å². The van der Waals surface area contributed by atoms with Crippen molar-refractivity contribution >= 4 is 23.9 Å². The molecular formula is C8H8ClNO2. The van der Waals surface area contributed by atoms with E-state index in [1.54, 1.807) is 18.2 Å². The van der Waals surface area contributed by atoms with Gasteiger partial charge in [-0.2, -0.15) is 0 Å². The van der Waals surface area contributed by atoms with Crippen LogP contribution in [0.1, 0.15) is 10.4 Å². The third kappa shape index (κ3) is 1.23. The van der Waals surface area contributed by atoms with Crippen LogP contribution >= 0.6 is 12.4 Å². The maximum atomic E-state index is 11.0. The number of anilines is 1. The highest BCUT2D eigenvalue weighted by atomic mass is 35.5. The van der Waals surface area contributed by atoms with E-state index in [9.17, 15) is 4.79 Å². The number of hydrogen-bond acceptors (Lipinski definition) is 3. The van der Waals surface area contributed by atoms with Crippen LogP contribution < -0.4 is 10.5 Å². The van der Waals surface area contributed by atoms with Gasteiger partial charge in [0.2, 0.25) is 5.78 Å². The Labute approximate surface area is 75.9 Å². The SMILES string of the molecule is Cl.Nc1ccc2c(c1)C(=O)CO2. The molecule has 1 aliphatic heterocycles. The maximum Gasteiger partial charge on any atom is 0.203 e. The Morgan fingerprint density at radius 2 is 2.17 bits per heavy atom. The van der Waals surface area contributed by atoms with E-state index in [4.69, 9.17) is 10.5 Å². The van der Waals surface area contributed by atoms with Crippen molar-refractivity contribution in [3.8, 4) is 5.75 Å². The van der Waals surface area contributed by atoms with Crippen LogP contribution in [-0.4, -0.2) is 12.4 Å². The molecule has 0 saturated carbocycles. The number of ether oxygens (including phenoxy) is 1. The molecular weight excluding hydrogens is 178 g/mol. The van der Waals surface area contributed by atoms with Crippen LogP contribution in [0.25, 0.3) is 0 Å². The third-order valence-electron chi connectivity index (χ3n) is 1.66. The number of ketones is 1. The van der Waals surface area contributed by atoms with Gasteiger partial charge in [0, 0.05) is 5.69 Å². The summed E-state index contributed by atoms with van der Waals surface area (Å²) in [6.45, 7) is 0.152. The average molecular weight is 186 g/mol. The Balaban J connectivity index is 0.000000720. The Kier molecular flexibility index (Phi) is 2.24. The van der Waals surface area contributed by atoms with Crippen molar-refractivity contribution in [3.05, 3.63) is 23.8 Å². The molecule has 12 heavy (non-hydrogen) atoms. The lowest BCUT2D eigenvalue weighted by Crippen LogP contribution is -1.99. The molecule has 0 amide bonds. The minimum absolute atomic E-state index is 0. The van der Waals surface area contributed by atoms with Crippen LogP contribution in [0.5, 0.6) is 5.75 Å². The van der Waals surface area contributed by atoms with E-state index in [1.807, 2.05) is 0 Å². The second-order valence-corrected chi connectivity index (χ2v) is 2.47. The van der Waals surface area contributed by atoms with Crippen molar-refractivity contribution in [1.82, 2.24) is 0 Å². The number of carbonyl (C=O) groups is 1. The Bertz CT molecular complexity index is 325. The molecule has 0 unspecified atom stereocenters. The molecule has 0 radical (unpaired) electrons. The summed E-state index contributed by atoms with van der Waals surface area (Å²) in [5, 5.41) is 0. The smallest absolute Gasteiger partial charge is 0.203 e. The van der Waals surface area contributed by atoms with E-state index in [-0.39, 0.29) is 24.8 Å². The first kappa shape index (κ1) is 8.87. The van der Waals surface area contributed by atoms with Gasteiger partial charge in [-0.1, -0.05) is 0 Å². The molecule has 0 spiro atoms. The molecule has 4 heteroatoms. The van der Waals surface area contributed by atoms with Gasteiger partial charge < -0.3 is 10.5 Å². The minimum atomic E-state index is 0. The van der Waals surface area contributed by atoms with E-state index in [2.05, 4.69) is 0 Å². The van der Waals surface area contributed by atoms with Gasteiger partial charge in [-0.3, -0.25) is 4.79 Å². The Morgan fingerprint density at radius 3 is 2.92 bits per heavy atom. The van der Waals surface area contributed by atoms with Gasteiger partial charge in [0.1, 0.15) is 5.75 Å². The summed E-state index contributed by atoms with van der Waals surface area (Å²) in [6, 6.07) is 5.08. The predicted octanol–water partition coefficient (Wildman–Crippen LogP) is 1.27. The van der Waals surface area contributed by atoms with Crippen molar-refractivity contribution in [2.45, 2.75) is 0 Å². The first-order chi connectivity index (χ1) is 5.27. The summed E-state index contributed by atoms with van der Waals surface area (Å²) in [6.07, 6.45) is 0. The van der Waals surface area contributed by atoms with Crippen molar-refractivity contribution in [2.75, 3.05) is 12.3 Å². The van der Waals surface area contributed by atoms with Crippen molar-refractivity contribution < 1.29 is 9.53 Å². The highest BCUT2D eigenvalue weighted by Gasteiger charge is 2.20. The minimum Gasteiger partial charge on any atom is -0.485 e. The third-order valence-corrected chi connectivity index (χ3v) is 1.66. The fraction of sp³-hybridized carbons (Fsp3) is 0.125. The predicted molar refractivity (Wildman–Crippen MR) is 47.9 cm³/mol. The van der Waals surface area contributed by atoms with Crippen molar-refractivity contribution in [1.29, 1.82) is 0 Å². The standard InChI is InChI=1S/C8H7NO2.ClH/c9-5-1-2-8-6(3-5)7(10)4-11-8;/h1-3H,4,9H2;1H. The van der Waals surface area contributed by atoms with Gasteiger partial charge >= 0.3 is 0 Å². The molecule has 2 N–H and O–H groups in total. The summed E-state index contributed by atoms with van der Waals surface area (Å²) in [5.74, 6) is 0.650. The number of rotatable bonds is 0. The Morgan fingerprint density at radius 1 is 1.42 bits per heavy atom. The molecule has 0 aromatic heterocycles. The normalized spacial score (nSPS) is 13.2. The average Bonchev–Trinajstić information content (AvgIpc) is 2.33. The summed E-state index contributed by atoms with van der Waals surface area (Å²) in [4.78, 5) is 11.0.